The van der Waals surface area contributed by atoms with Gasteiger partial charge in [-0.1, -0.05) is 48.5 Å². The van der Waals surface area contributed by atoms with Gasteiger partial charge in [-0.05, 0) is 30.0 Å². The molecule has 2 aromatic carbocycles. The van der Waals surface area contributed by atoms with Crippen LogP contribution >= 0.6 is 0 Å². The minimum Gasteiger partial charge on any atom is -0.396 e. The summed E-state index contributed by atoms with van der Waals surface area (Å²) in [5.74, 6) is 0.336. The van der Waals surface area contributed by atoms with Crippen molar-refractivity contribution in [1.82, 2.24) is 14.5 Å². The lowest BCUT2D eigenvalue weighted by molar-refractivity contribution is -0.0271. The Morgan fingerprint density at radius 1 is 1.00 bits per heavy atom. The molecule has 0 saturated heterocycles. The number of aromatic nitrogens is 3. The Balaban J connectivity index is 1.57. The van der Waals surface area contributed by atoms with Gasteiger partial charge in [0.1, 0.15) is 23.9 Å². The molecule has 7 nitrogen and oxygen atoms in total. The number of hydrogen-bond acceptors (Lipinski definition) is 6. The fourth-order valence-corrected chi connectivity index (χ4v) is 5.55. The van der Waals surface area contributed by atoms with E-state index in [9.17, 15) is 15.3 Å². The number of aliphatic hydroxyl groups excluding tert-OH is 3. The Bertz CT molecular complexity index is 1280. The van der Waals surface area contributed by atoms with Crippen molar-refractivity contribution in [2.24, 2.45) is 11.8 Å². The molecule has 2 aliphatic carbocycles. The highest BCUT2D eigenvalue weighted by molar-refractivity contribution is 6.02. The van der Waals surface area contributed by atoms with E-state index in [1.165, 1.54) is 6.33 Å². The SMILES string of the molecule is OC[C@@H]1[C@@H](O)[C@@H](O)[C@@]2(n3cc(-c4ccccc4)c4c(Nc5ccccc5)ncnc43)C[C@@H]12. The molecule has 0 aliphatic heterocycles. The third-order valence-electron chi connectivity index (χ3n) is 7.18. The van der Waals surface area contributed by atoms with Gasteiger partial charge >= 0.3 is 0 Å². The summed E-state index contributed by atoms with van der Waals surface area (Å²) < 4.78 is 2.01. The number of hydrogen-bond donors (Lipinski definition) is 4. The van der Waals surface area contributed by atoms with Crippen LogP contribution in [0.2, 0.25) is 0 Å². The van der Waals surface area contributed by atoms with Crippen molar-refractivity contribution < 1.29 is 15.3 Å². The first-order valence-electron chi connectivity index (χ1n) is 10.9. The first-order chi connectivity index (χ1) is 15.6. The number of para-hydroxylation sites is 1. The van der Waals surface area contributed by atoms with Gasteiger partial charge in [0.15, 0.2) is 0 Å². The maximum absolute atomic E-state index is 11.0. The minimum atomic E-state index is -0.968. The second kappa shape index (κ2) is 7.13. The van der Waals surface area contributed by atoms with Gasteiger partial charge in [0.05, 0.1) is 17.0 Å². The van der Waals surface area contributed by atoms with Crippen LogP contribution in [0.3, 0.4) is 0 Å². The van der Waals surface area contributed by atoms with Gasteiger partial charge in [-0.15, -0.1) is 0 Å². The van der Waals surface area contributed by atoms with Crippen molar-refractivity contribution in [1.29, 1.82) is 0 Å². The molecule has 2 aliphatic rings. The van der Waals surface area contributed by atoms with Crippen LogP contribution < -0.4 is 5.32 Å². The van der Waals surface area contributed by atoms with E-state index in [0.717, 1.165) is 22.2 Å². The highest BCUT2D eigenvalue weighted by atomic mass is 16.3. The Hall–Kier alpha value is -3.26. The van der Waals surface area contributed by atoms with Crippen LogP contribution in [-0.4, -0.2) is 48.7 Å². The average molecular weight is 428 g/mol. The van der Waals surface area contributed by atoms with Gasteiger partial charge < -0.3 is 25.2 Å². The highest BCUT2D eigenvalue weighted by Gasteiger charge is 2.72. The van der Waals surface area contributed by atoms with Crippen LogP contribution in [0.15, 0.2) is 73.2 Å². The molecular weight excluding hydrogens is 404 g/mol. The third-order valence-corrected chi connectivity index (χ3v) is 7.18. The number of rotatable bonds is 5. The molecule has 6 rings (SSSR count). The van der Waals surface area contributed by atoms with E-state index in [2.05, 4.69) is 15.3 Å². The molecule has 0 bridgehead atoms. The largest absolute Gasteiger partial charge is 0.396 e. The monoisotopic (exact) mass is 428 g/mol. The normalized spacial score (nSPS) is 28.6. The smallest absolute Gasteiger partial charge is 0.146 e. The summed E-state index contributed by atoms with van der Waals surface area (Å²) in [5, 5.41) is 35.6. The maximum Gasteiger partial charge on any atom is 0.146 e. The van der Waals surface area contributed by atoms with Gasteiger partial charge in [-0.3, -0.25) is 0 Å². The lowest BCUT2D eigenvalue weighted by Gasteiger charge is -2.24. The molecule has 2 fully saturated rings. The van der Waals surface area contributed by atoms with Crippen LogP contribution in [0, 0.1) is 11.8 Å². The van der Waals surface area contributed by atoms with Gasteiger partial charge in [0, 0.05) is 30.0 Å². The van der Waals surface area contributed by atoms with Crippen LogP contribution in [-0.2, 0) is 5.54 Å². The van der Waals surface area contributed by atoms with Crippen LogP contribution in [0.1, 0.15) is 6.42 Å². The van der Waals surface area contributed by atoms with Crippen LogP contribution in [0.25, 0.3) is 22.2 Å². The molecule has 2 aromatic heterocycles. The molecule has 32 heavy (non-hydrogen) atoms. The lowest BCUT2D eigenvalue weighted by Crippen LogP contribution is -2.38. The Labute approximate surface area is 185 Å². The number of nitrogens with one attached hydrogen (secondary N) is 1. The summed E-state index contributed by atoms with van der Waals surface area (Å²) >= 11 is 0. The van der Waals surface area contributed by atoms with E-state index in [-0.39, 0.29) is 18.4 Å². The van der Waals surface area contributed by atoms with E-state index >= 15 is 0 Å². The van der Waals surface area contributed by atoms with Crippen LogP contribution in [0.5, 0.6) is 0 Å². The Kier molecular flexibility index (Phi) is 4.33. The van der Waals surface area contributed by atoms with Crippen molar-refractivity contribution in [3.05, 3.63) is 73.2 Å². The second-order valence-corrected chi connectivity index (χ2v) is 8.77. The molecular formula is C25H24N4O3. The summed E-state index contributed by atoms with van der Waals surface area (Å²) in [7, 11) is 0. The molecule has 2 heterocycles. The van der Waals surface area contributed by atoms with E-state index in [1.807, 2.05) is 71.4 Å². The molecule has 0 spiro atoms. The molecule has 7 heteroatoms. The molecule has 0 unspecified atom stereocenters. The van der Waals surface area contributed by atoms with Crippen molar-refractivity contribution in [2.45, 2.75) is 24.2 Å². The second-order valence-electron chi connectivity index (χ2n) is 8.77. The fraction of sp³-hybridized carbons (Fsp3) is 0.280. The van der Waals surface area contributed by atoms with Crippen molar-refractivity contribution in [3.63, 3.8) is 0 Å². The van der Waals surface area contributed by atoms with Crippen LogP contribution in [0.4, 0.5) is 11.5 Å². The summed E-state index contributed by atoms with van der Waals surface area (Å²) in [6.45, 7) is -0.148. The molecule has 5 atom stereocenters. The lowest BCUT2D eigenvalue weighted by atomic mass is 10.0. The zero-order valence-corrected chi connectivity index (χ0v) is 17.3. The van der Waals surface area contributed by atoms with Gasteiger partial charge in [0.2, 0.25) is 0 Å². The minimum absolute atomic E-state index is 0.00257. The number of aliphatic hydroxyl groups is 3. The first-order valence-corrected chi connectivity index (χ1v) is 10.9. The molecule has 4 aromatic rings. The van der Waals surface area contributed by atoms with Crippen molar-refractivity contribution in [3.8, 4) is 11.1 Å². The van der Waals surface area contributed by atoms with Crippen molar-refractivity contribution in [2.75, 3.05) is 11.9 Å². The topological polar surface area (TPSA) is 103 Å². The summed E-state index contributed by atoms with van der Waals surface area (Å²) in [4.78, 5) is 9.16. The molecule has 2 saturated carbocycles. The van der Waals surface area contributed by atoms with Gasteiger partial charge in [-0.2, -0.15) is 0 Å². The zero-order valence-electron chi connectivity index (χ0n) is 17.3. The van der Waals surface area contributed by atoms with Gasteiger partial charge in [0.25, 0.3) is 0 Å². The van der Waals surface area contributed by atoms with E-state index in [4.69, 9.17) is 0 Å². The summed E-state index contributed by atoms with van der Waals surface area (Å²) in [5.41, 5.74) is 2.91. The zero-order chi connectivity index (χ0) is 21.9. The highest BCUT2D eigenvalue weighted by Crippen LogP contribution is 2.65. The van der Waals surface area contributed by atoms with Crippen molar-refractivity contribution >= 4 is 22.5 Å². The predicted molar refractivity (Wildman–Crippen MR) is 121 cm³/mol. The van der Waals surface area contributed by atoms with Gasteiger partial charge in [-0.25, -0.2) is 9.97 Å². The quantitative estimate of drug-likeness (QED) is 0.390. The summed E-state index contributed by atoms with van der Waals surface area (Å²) in [6.07, 6.45) is 2.30. The fourth-order valence-electron chi connectivity index (χ4n) is 5.55. The molecule has 0 amide bonds. The number of anilines is 2. The molecule has 0 radical (unpaired) electrons. The standard InChI is InChI=1S/C25H24N4O3/c30-13-18-19-11-25(19,22(32)21(18)31)29-12-17(15-7-3-1-4-8-15)20-23(26-14-27-24(20)29)28-16-9-5-2-6-10-16/h1-10,12,14,18-19,21-22,30-32H,11,13H2,(H,26,27,28)/t18-,19-,21+,22+,25+/m0/s1. The molecule has 4 N–H and O–H groups in total. The van der Waals surface area contributed by atoms with E-state index in [1.54, 1.807) is 0 Å². The molecule has 162 valence electrons. The Morgan fingerprint density at radius 3 is 2.41 bits per heavy atom. The number of nitrogens with zero attached hydrogens (tertiary/aromatic N) is 3. The van der Waals surface area contributed by atoms with E-state index < -0.39 is 17.7 Å². The predicted octanol–water partition coefficient (Wildman–Crippen LogP) is 2.90. The maximum atomic E-state index is 11.0. The number of fused-ring (bicyclic) bond motifs is 2. The summed E-state index contributed by atoms with van der Waals surface area (Å²) in [6, 6.07) is 19.9. The average Bonchev–Trinajstić information content (AvgIpc) is 3.37. The Morgan fingerprint density at radius 2 is 1.72 bits per heavy atom. The number of benzene rings is 2. The third kappa shape index (κ3) is 2.65. The van der Waals surface area contributed by atoms with E-state index in [0.29, 0.717) is 17.9 Å². The first kappa shape index (κ1) is 19.4.